The lowest BCUT2D eigenvalue weighted by molar-refractivity contribution is -0.119. The number of rotatable bonds is 6. The summed E-state index contributed by atoms with van der Waals surface area (Å²) in [5.41, 5.74) is 7.54. The van der Waals surface area contributed by atoms with E-state index in [1.54, 1.807) is 36.4 Å². The fourth-order valence-corrected chi connectivity index (χ4v) is 3.14. The van der Waals surface area contributed by atoms with E-state index in [9.17, 15) is 14.4 Å². The average molecular weight is 377 g/mol. The summed E-state index contributed by atoms with van der Waals surface area (Å²) < 4.78 is 20.0. The van der Waals surface area contributed by atoms with E-state index in [2.05, 4.69) is 11.1 Å². The minimum Gasteiger partial charge on any atom is -0.484 e. The van der Waals surface area contributed by atoms with Gasteiger partial charge in [-0.2, -0.15) is 5.26 Å². The van der Waals surface area contributed by atoms with Crippen LogP contribution in [0.4, 0.5) is 4.39 Å². The van der Waals surface area contributed by atoms with Crippen LogP contribution in [0.15, 0.2) is 42.5 Å². The van der Waals surface area contributed by atoms with Crippen molar-refractivity contribution in [1.82, 2.24) is 4.98 Å². The van der Waals surface area contributed by atoms with Gasteiger partial charge in [-0.25, -0.2) is 4.39 Å². The maximum atomic E-state index is 14.6. The molecule has 1 aromatic heterocycles. The third-order valence-electron chi connectivity index (χ3n) is 4.27. The molecule has 28 heavy (non-hydrogen) atoms. The lowest BCUT2D eigenvalue weighted by Gasteiger charge is -2.16. The first-order chi connectivity index (χ1) is 13.4. The molecule has 0 saturated carbocycles. The summed E-state index contributed by atoms with van der Waals surface area (Å²) >= 11 is 0. The molecule has 2 aromatic carbocycles. The van der Waals surface area contributed by atoms with Crippen LogP contribution in [0.5, 0.6) is 5.75 Å². The number of nitrogens with zero attached hydrogens (tertiary/aromatic N) is 2. The Balaban J connectivity index is 2.32. The van der Waals surface area contributed by atoms with Gasteiger partial charge in [0.15, 0.2) is 6.61 Å². The van der Waals surface area contributed by atoms with Gasteiger partial charge in [0.1, 0.15) is 17.6 Å². The van der Waals surface area contributed by atoms with Crippen LogP contribution in [0.2, 0.25) is 0 Å². The van der Waals surface area contributed by atoms with Crippen molar-refractivity contribution >= 4 is 16.8 Å². The smallest absolute Gasteiger partial charge is 0.255 e. The van der Waals surface area contributed by atoms with Crippen molar-refractivity contribution in [2.45, 2.75) is 20.3 Å². The van der Waals surface area contributed by atoms with Crippen molar-refractivity contribution in [3.8, 4) is 22.9 Å². The maximum Gasteiger partial charge on any atom is 0.255 e. The Morgan fingerprint density at radius 2 is 2.04 bits per heavy atom. The van der Waals surface area contributed by atoms with E-state index in [0.717, 1.165) is 0 Å². The third kappa shape index (κ3) is 3.94. The Kier molecular flexibility index (Phi) is 5.55. The number of primary amides is 1. The molecule has 0 fully saturated rings. The zero-order valence-corrected chi connectivity index (χ0v) is 15.7. The second-order valence-corrected chi connectivity index (χ2v) is 6.93. The van der Waals surface area contributed by atoms with E-state index in [-0.39, 0.29) is 12.5 Å². The van der Waals surface area contributed by atoms with Crippen LogP contribution in [0.3, 0.4) is 0 Å². The second kappa shape index (κ2) is 8.05. The molecule has 0 aliphatic heterocycles. The van der Waals surface area contributed by atoms with Crippen LogP contribution in [0.25, 0.3) is 22.0 Å². The van der Waals surface area contributed by atoms with Gasteiger partial charge in [-0.05, 0) is 36.6 Å². The van der Waals surface area contributed by atoms with Gasteiger partial charge in [0, 0.05) is 16.5 Å². The molecule has 3 aromatic rings. The Labute approximate surface area is 162 Å². The molecule has 0 aliphatic rings. The molecule has 1 amide bonds. The first-order valence-corrected chi connectivity index (χ1v) is 8.93. The van der Waals surface area contributed by atoms with Crippen LogP contribution < -0.4 is 10.5 Å². The molecule has 6 heteroatoms. The number of ether oxygens (including phenoxy) is 1. The summed E-state index contributed by atoms with van der Waals surface area (Å²) in [4.78, 5) is 15.7. The number of halogens is 1. The number of aromatic nitrogens is 1. The minimum atomic E-state index is -0.599. The summed E-state index contributed by atoms with van der Waals surface area (Å²) in [6.07, 6.45) is 0.597. The van der Waals surface area contributed by atoms with Crippen LogP contribution in [0, 0.1) is 23.1 Å². The highest BCUT2D eigenvalue weighted by Crippen LogP contribution is 2.36. The molecule has 0 spiro atoms. The Hall–Kier alpha value is -3.46. The summed E-state index contributed by atoms with van der Waals surface area (Å²) in [5.74, 6) is -0.349. The molecule has 2 N–H and O–H groups in total. The normalized spacial score (nSPS) is 10.8. The number of benzene rings is 2. The minimum absolute atomic E-state index is 0.273. The van der Waals surface area contributed by atoms with E-state index in [4.69, 9.17) is 10.5 Å². The number of nitriles is 1. The molecule has 3 rings (SSSR count). The van der Waals surface area contributed by atoms with E-state index in [0.29, 0.717) is 45.5 Å². The molecular formula is C22H20FN3O2. The summed E-state index contributed by atoms with van der Waals surface area (Å²) in [7, 11) is 0. The number of hydrogen-bond acceptors (Lipinski definition) is 4. The van der Waals surface area contributed by atoms with Crippen LogP contribution in [-0.2, 0) is 11.2 Å². The molecule has 0 aliphatic carbocycles. The van der Waals surface area contributed by atoms with E-state index in [1.165, 1.54) is 6.07 Å². The third-order valence-corrected chi connectivity index (χ3v) is 4.27. The number of carbonyl (C=O) groups is 1. The zero-order valence-electron chi connectivity index (χ0n) is 15.7. The van der Waals surface area contributed by atoms with Gasteiger partial charge < -0.3 is 10.5 Å². The van der Waals surface area contributed by atoms with Crippen molar-refractivity contribution in [1.29, 1.82) is 5.26 Å². The maximum absolute atomic E-state index is 14.6. The summed E-state index contributed by atoms with van der Waals surface area (Å²) in [6, 6.07) is 13.6. The molecule has 142 valence electrons. The molecule has 5 nitrogen and oxygen atoms in total. The molecule has 1 heterocycles. The number of carbonyl (C=O) groups excluding carboxylic acids is 1. The molecule has 0 atom stereocenters. The number of fused-ring (bicyclic) bond motifs is 1. The van der Waals surface area contributed by atoms with Gasteiger partial charge in [-0.1, -0.05) is 32.0 Å². The van der Waals surface area contributed by atoms with Gasteiger partial charge in [0.25, 0.3) is 5.91 Å². The van der Waals surface area contributed by atoms with Crippen molar-refractivity contribution < 1.29 is 13.9 Å². The lowest BCUT2D eigenvalue weighted by Crippen LogP contribution is -2.20. The molecular weight excluding hydrogens is 357 g/mol. The monoisotopic (exact) mass is 377 g/mol. The molecule has 0 bridgehead atoms. The highest BCUT2D eigenvalue weighted by molar-refractivity contribution is 5.98. The van der Waals surface area contributed by atoms with Crippen LogP contribution in [0.1, 0.15) is 25.1 Å². The van der Waals surface area contributed by atoms with E-state index < -0.39 is 11.7 Å². The highest BCUT2D eigenvalue weighted by Gasteiger charge is 2.20. The highest BCUT2D eigenvalue weighted by atomic mass is 19.1. The largest absolute Gasteiger partial charge is 0.484 e. The van der Waals surface area contributed by atoms with E-state index in [1.807, 2.05) is 13.8 Å². The van der Waals surface area contributed by atoms with E-state index >= 15 is 0 Å². The van der Waals surface area contributed by atoms with Gasteiger partial charge in [-0.15, -0.1) is 0 Å². The number of amides is 1. The van der Waals surface area contributed by atoms with Crippen molar-refractivity contribution in [2.75, 3.05) is 6.61 Å². The second-order valence-electron chi connectivity index (χ2n) is 6.93. The first-order valence-electron chi connectivity index (χ1n) is 8.93. The van der Waals surface area contributed by atoms with Crippen molar-refractivity contribution in [3.05, 3.63) is 59.5 Å². The molecule has 0 unspecified atom stereocenters. The predicted molar refractivity (Wildman–Crippen MR) is 105 cm³/mol. The zero-order chi connectivity index (χ0) is 20.3. The average Bonchev–Trinajstić information content (AvgIpc) is 2.65. The van der Waals surface area contributed by atoms with Crippen LogP contribution >= 0.6 is 0 Å². The molecule has 0 saturated heterocycles. The lowest BCUT2D eigenvalue weighted by atomic mass is 9.92. The van der Waals surface area contributed by atoms with Crippen LogP contribution in [-0.4, -0.2) is 17.5 Å². The first kappa shape index (κ1) is 19.3. The number of pyridine rings is 1. The Bertz CT molecular complexity index is 1090. The number of hydrogen-bond donors (Lipinski definition) is 1. The Morgan fingerprint density at radius 3 is 2.68 bits per heavy atom. The van der Waals surface area contributed by atoms with Crippen molar-refractivity contribution in [3.63, 3.8) is 0 Å². The summed E-state index contributed by atoms with van der Waals surface area (Å²) in [5, 5.41) is 10.4. The fraction of sp³-hybridized carbons (Fsp3) is 0.227. The Morgan fingerprint density at radius 1 is 1.29 bits per heavy atom. The summed E-state index contributed by atoms with van der Waals surface area (Å²) in [6.45, 7) is 3.80. The van der Waals surface area contributed by atoms with Gasteiger partial charge >= 0.3 is 0 Å². The number of nitrogens with two attached hydrogens (primary N) is 1. The van der Waals surface area contributed by atoms with Gasteiger partial charge in [0.05, 0.1) is 16.8 Å². The van der Waals surface area contributed by atoms with Crippen molar-refractivity contribution in [2.24, 2.45) is 11.7 Å². The topological polar surface area (TPSA) is 89.0 Å². The standard InChI is InChI=1S/C22H20FN3O2/c1-13(2)9-20-17(11-24)22(15-5-3-4-6-18(15)23)16-10-14(28-12-21(25)27)7-8-19(16)26-20/h3-8,10,13H,9,12H2,1-2H3,(H2,25,27). The molecule has 0 radical (unpaired) electrons. The predicted octanol–water partition coefficient (Wildman–Crippen LogP) is 3.98. The van der Waals surface area contributed by atoms with Gasteiger partial charge in [-0.3, -0.25) is 9.78 Å². The van der Waals surface area contributed by atoms with Gasteiger partial charge in [0.2, 0.25) is 0 Å². The quantitative estimate of drug-likeness (QED) is 0.704. The fourth-order valence-electron chi connectivity index (χ4n) is 3.14. The SMILES string of the molecule is CC(C)Cc1nc2ccc(OCC(N)=O)cc2c(-c2ccccc2F)c1C#N.